The summed E-state index contributed by atoms with van der Waals surface area (Å²) in [6, 6.07) is 18.1. The maximum Gasteiger partial charge on any atom is 0.134 e. The summed E-state index contributed by atoms with van der Waals surface area (Å²) in [6.07, 6.45) is 1.98. The van der Waals surface area contributed by atoms with E-state index in [0.717, 1.165) is 28.0 Å². The third-order valence-electron chi connectivity index (χ3n) is 4.30. The van der Waals surface area contributed by atoms with Crippen molar-refractivity contribution in [3.63, 3.8) is 0 Å². The molecule has 2 atom stereocenters. The van der Waals surface area contributed by atoms with Gasteiger partial charge in [-0.1, -0.05) is 55.5 Å². The minimum Gasteiger partial charge on any atom is -0.511 e. The van der Waals surface area contributed by atoms with Gasteiger partial charge in [0.15, 0.2) is 0 Å². The Morgan fingerprint density at radius 2 is 1.67 bits per heavy atom. The van der Waals surface area contributed by atoms with Crippen molar-refractivity contribution in [3.05, 3.63) is 77.6 Å². The Labute approximate surface area is 124 Å². The molecule has 2 aliphatic rings. The largest absolute Gasteiger partial charge is 0.511 e. The lowest BCUT2D eigenvalue weighted by atomic mass is 9.83. The van der Waals surface area contributed by atoms with E-state index in [-0.39, 0.29) is 12.0 Å². The van der Waals surface area contributed by atoms with Crippen LogP contribution in [0, 0.1) is 5.92 Å². The van der Waals surface area contributed by atoms with E-state index in [1.54, 1.807) is 0 Å². The zero-order chi connectivity index (χ0) is 14.4. The van der Waals surface area contributed by atoms with Crippen LogP contribution in [0.1, 0.15) is 18.1 Å². The van der Waals surface area contributed by atoms with E-state index in [4.69, 9.17) is 4.74 Å². The van der Waals surface area contributed by atoms with E-state index in [1.165, 1.54) is 0 Å². The van der Waals surface area contributed by atoms with Crippen LogP contribution in [0.2, 0.25) is 0 Å². The smallest absolute Gasteiger partial charge is 0.134 e. The Morgan fingerprint density at radius 3 is 2.48 bits per heavy atom. The third-order valence-corrected chi connectivity index (χ3v) is 4.30. The van der Waals surface area contributed by atoms with Crippen LogP contribution in [0.15, 0.2) is 66.4 Å². The van der Waals surface area contributed by atoms with Crippen LogP contribution in [0.5, 0.6) is 5.75 Å². The Morgan fingerprint density at radius 1 is 0.952 bits per heavy atom. The number of hydrogen-bond acceptors (Lipinski definition) is 2. The van der Waals surface area contributed by atoms with Crippen molar-refractivity contribution >= 4 is 11.1 Å². The first-order chi connectivity index (χ1) is 10.3. The minimum absolute atomic E-state index is 0.0485. The molecule has 0 bridgehead atoms. The molecule has 1 aliphatic heterocycles. The van der Waals surface area contributed by atoms with Crippen molar-refractivity contribution in [1.82, 2.24) is 0 Å². The van der Waals surface area contributed by atoms with Gasteiger partial charge >= 0.3 is 0 Å². The zero-order valence-electron chi connectivity index (χ0n) is 11.8. The maximum atomic E-state index is 10.6. The monoisotopic (exact) mass is 276 g/mol. The molecule has 2 unspecified atom stereocenters. The number of allylic oxidation sites excluding steroid dienone is 2. The Balaban J connectivity index is 1.89. The van der Waals surface area contributed by atoms with Gasteiger partial charge in [0.2, 0.25) is 0 Å². The van der Waals surface area contributed by atoms with Crippen molar-refractivity contribution in [3.8, 4) is 5.75 Å². The molecule has 0 aromatic heterocycles. The molecular weight excluding hydrogens is 260 g/mol. The summed E-state index contributed by atoms with van der Waals surface area (Å²) in [5, 5.41) is 10.6. The Hall–Kier alpha value is -2.48. The van der Waals surface area contributed by atoms with Crippen LogP contribution in [-0.2, 0) is 0 Å². The molecule has 104 valence electrons. The molecule has 0 amide bonds. The Kier molecular flexibility index (Phi) is 2.64. The molecule has 0 saturated carbocycles. The van der Waals surface area contributed by atoms with Gasteiger partial charge in [-0.25, -0.2) is 0 Å². The average Bonchev–Trinajstić information content (AvgIpc) is 2.90. The predicted molar refractivity (Wildman–Crippen MR) is 84.0 cm³/mol. The number of aliphatic hydroxyl groups is 1. The van der Waals surface area contributed by atoms with E-state index >= 15 is 0 Å². The number of benzene rings is 2. The number of aliphatic hydroxyl groups excluding tert-OH is 1. The van der Waals surface area contributed by atoms with E-state index in [0.29, 0.717) is 5.76 Å². The molecule has 1 N–H and O–H groups in total. The highest BCUT2D eigenvalue weighted by Gasteiger charge is 2.38. The van der Waals surface area contributed by atoms with Crippen LogP contribution < -0.4 is 4.74 Å². The van der Waals surface area contributed by atoms with Gasteiger partial charge in [-0.15, -0.1) is 0 Å². The molecule has 2 aromatic carbocycles. The number of para-hydroxylation sites is 1. The van der Waals surface area contributed by atoms with Crippen molar-refractivity contribution < 1.29 is 9.84 Å². The lowest BCUT2D eigenvalue weighted by molar-refractivity contribution is 0.192. The van der Waals surface area contributed by atoms with Gasteiger partial charge in [-0.05, 0) is 17.7 Å². The van der Waals surface area contributed by atoms with Gasteiger partial charge in [0.1, 0.15) is 17.6 Å². The second-order valence-electron chi connectivity index (χ2n) is 5.59. The number of ether oxygens (including phenoxy) is 1. The number of fused-ring (bicyclic) bond motifs is 3. The topological polar surface area (TPSA) is 29.5 Å². The summed E-state index contributed by atoms with van der Waals surface area (Å²) in [4.78, 5) is 0. The first kappa shape index (κ1) is 12.3. The van der Waals surface area contributed by atoms with Crippen molar-refractivity contribution in [2.45, 2.75) is 13.0 Å². The summed E-state index contributed by atoms with van der Waals surface area (Å²) in [5.41, 5.74) is 4.23. The lowest BCUT2D eigenvalue weighted by Crippen LogP contribution is -2.27. The fraction of sp³-hybridized carbons (Fsp3) is 0.158. The second-order valence-corrected chi connectivity index (χ2v) is 5.59. The number of hydrogen-bond donors (Lipinski definition) is 1. The molecule has 1 aliphatic carbocycles. The standard InChI is InChI=1S/C19H16O2/c1-12-18(20)15(13-7-3-2-4-8-13)11-16-14-9-5-6-10-17(14)21-19(12)16/h2-12,19-20H,1H3. The summed E-state index contributed by atoms with van der Waals surface area (Å²) in [6.45, 7) is 2.02. The fourth-order valence-electron chi connectivity index (χ4n) is 3.16. The van der Waals surface area contributed by atoms with Crippen LogP contribution in [0.3, 0.4) is 0 Å². The first-order valence-electron chi connectivity index (χ1n) is 7.22. The SMILES string of the molecule is CC1C(O)=C(c2ccccc2)C=C2c3ccccc3OC21. The quantitative estimate of drug-likeness (QED) is 0.833. The second kappa shape index (κ2) is 4.52. The van der Waals surface area contributed by atoms with Gasteiger partial charge in [0, 0.05) is 16.7 Å². The van der Waals surface area contributed by atoms with Gasteiger partial charge in [0.05, 0.1) is 5.92 Å². The van der Waals surface area contributed by atoms with Crippen molar-refractivity contribution in [2.24, 2.45) is 5.92 Å². The van der Waals surface area contributed by atoms with Crippen LogP contribution in [0.4, 0.5) is 0 Å². The van der Waals surface area contributed by atoms with Crippen LogP contribution in [0.25, 0.3) is 11.1 Å². The first-order valence-corrected chi connectivity index (χ1v) is 7.22. The van der Waals surface area contributed by atoms with Gasteiger partial charge < -0.3 is 9.84 Å². The highest BCUT2D eigenvalue weighted by atomic mass is 16.5. The van der Waals surface area contributed by atoms with E-state index < -0.39 is 0 Å². The molecule has 21 heavy (non-hydrogen) atoms. The molecule has 4 rings (SSSR count). The molecule has 2 nitrogen and oxygen atoms in total. The summed E-state index contributed by atoms with van der Waals surface area (Å²) in [7, 11) is 0. The maximum absolute atomic E-state index is 10.6. The number of rotatable bonds is 1. The minimum atomic E-state index is -0.0881. The highest BCUT2D eigenvalue weighted by molar-refractivity contribution is 5.91. The summed E-state index contributed by atoms with van der Waals surface area (Å²) < 4.78 is 6.02. The van der Waals surface area contributed by atoms with E-state index in [1.807, 2.05) is 55.5 Å². The molecule has 1 heterocycles. The predicted octanol–water partition coefficient (Wildman–Crippen LogP) is 4.45. The van der Waals surface area contributed by atoms with Gasteiger partial charge in [-0.3, -0.25) is 0 Å². The molecule has 0 spiro atoms. The van der Waals surface area contributed by atoms with Gasteiger partial charge in [-0.2, -0.15) is 0 Å². The van der Waals surface area contributed by atoms with Crippen molar-refractivity contribution in [1.29, 1.82) is 0 Å². The summed E-state index contributed by atoms with van der Waals surface area (Å²) >= 11 is 0. The molecule has 2 heteroatoms. The van der Waals surface area contributed by atoms with E-state index in [9.17, 15) is 5.11 Å². The average molecular weight is 276 g/mol. The Bertz CT molecular complexity index is 756. The summed E-state index contributed by atoms with van der Waals surface area (Å²) in [5.74, 6) is 1.26. The van der Waals surface area contributed by atoms with Crippen LogP contribution in [-0.4, -0.2) is 11.2 Å². The third kappa shape index (κ3) is 1.79. The van der Waals surface area contributed by atoms with E-state index in [2.05, 4.69) is 12.1 Å². The normalized spacial score (nSPS) is 23.2. The molecular formula is C19H16O2. The molecule has 0 radical (unpaired) electrons. The fourth-order valence-corrected chi connectivity index (χ4v) is 3.16. The van der Waals surface area contributed by atoms with Crippen molar-refractivity contribution in [2.75, 3.05) is 0 Å². The highest BCUT2D eigenvalue weighted by Crippen LogP contribution is 2.46. The molecule has 2 aromatic rings. The molecule has 0 saturated heterocycles. The lowest BCUT2D eigenvalue weighted by Gasteiger charge is -2.26. The van der Waals surface area contributed by atoms with Gasteiger partial charge in [0.25, 0.3) is 0 Å². The van der Waals surface area contributed by atoms with Crippen LogP contribution >= 0.6 is 0 Å². The zero-order valence-corrected chi connectivity index (χ0v) is 11.8. The molecule has 0 fully saturated rings.